The van der Waals surface area contributed by atoms with Gasteiger partial charge in [-0.05, 0) is 12.1 Å². The zero-order valence-corrected chi connectivity index (χ0v) is 8.58. The Bertz CT molecular complexity index is 540. The number of hydrogen-bond acceptors (Lipinski definition) is 5. The lowest BCUT2D eigenvalue weighted by Gasteiger charge is -2.02. The van der Waals surface area contributed by atoms with Crippen LogP contribution in [0.3, 0.4) is 0 Å². The summed E-state index contributed by atoms with van der Waals surface area (Å²) in [6.45, 7) is 1.37. The molecule has 0 atom stereocenters. The third-order valence-electron chi connectivity index (χ3n) is 2.05. The van der Waals surface area contributed by atoms with Crippen LogP contribution in [0.2, 0.25) is 0 Å². The molecular formula is C11H9N3O2. The number of Topliss-reactive ketones (excluding diaryl/α,β-unsaturated/α-hetero) is 1. The van der Waals surface area contributed by atoms with Crippen molar-refractivity contribution in [2.45, 2.75) is 6.92 Å². The Balaban J connectivity index is 2.53. The van der Waals surface area contributed by atoms with Crippen LogP contribution >= 0.6 is 0 Å². The average Bonchev–Trinajstić information content (AvgIpc) is 2.30. The summed E-state index contributed by atoms with van der Waals surface area (Å²) in [5.74, 6) is -0.122. The Kier molecular flexibility index (Phi) is 2.59. The van der Waals surface area contributed by atoms with Gasteiger partial charge in [-0.25, -0.2) is 4.98 Å². The normalized spacial score (nSPS) is 10.1. The second-order valence-electron chi connectivity index (χ2n) is 3.24. The Labute approximate surface area is 91.8 Å². The van der Waals surface area contributed by atoms with Gasteiger partial charge in [-0.3, -0.25) is 4.79 Å². The first-order valence-electron chi connectivity index (χ1n) is 4.67. The summed E-state index contributed by atoms with van der Waals surface area (Å²) in [6, 6.07) is 6.72. The Hall–Kier alpha value is -2.30. The molecule has 0 aliphatic rings. The monoisotopic (exact) mass is 215 g/mol. The molecule has 0 aliphatic heterocycles. The van der Waals surface area contributed by atoms with Crippen LogP contribution in [0, 0.1) is 0 Å². The highest BCUT2D eigenvalue weighted by Gasteiger charge is 2.09. The van der Waals surface area contributed by atoms with E-state index in [1.165, 1.54) is 13.1 Å². The molecule has 5 nitrogen and oxygen atoms in total. The summed E-state index contributed by atoms with van der Waals surface area (Å²) in [4.78, 5) is 15.1. The van der Waals surface area contributed by atoms with Crippen LogP contribution < -0.4 is 0 Å². The highest BCUT2D eigenvalue weighted by Crippen LogP contribution is 2.25. The van der Waals surface area contributed by atoms with E-state index < -0.39 is 0 Å². The number of para-hydroxylation sites is 1. The van der Waals surface area contributed by atoms with Crippen molar-refractivity contribution in [3.8, 4) is 17.0 Å². The van der Waals surface area contributed by atoms with E-state index in [9.17, 15) is 9.90 Å². The van der Waals surface area contributed by atoms with Gasteiger partial charge in [-0.1, -0.05) is 12.1 Å². The minimum absolute atomic E-state index is 0.0424. The summed E-state index contributed by atoms with van der Waals surface area (Å²) in [5, 5.41) is 16.9. The fourth-order valence-corrected chi connectivity index (χ4v) is 1.27. The van der Waals surface area contributed by atoms with Crippen molar-refractivity contribution in [3.63, 3.8) is 0 Å². The van der Waals surface area contributed by atoms with Gasteiger partial charge >= 0.3 is 0 Å². The lowest BCUT2D eigenvalue weighted by Crippen LogP contribution is -2.03. The number of rotatable bonds is 2. The first-order chi connectivity index (χ1) is 7.68. The van der Waals surface area contributed by atoms with Crippen molar-refractivity contribution in [3.05, 3.63) is 36.3 Å². The zero-order valence-electron chi connectivity index (χ0n) is 8.58. The molecule has 2 aromatic rings. The van der Waals surface area contributed by atoms with E-state index in [-0.39, 0.29) is 17.4 Å². The van der Waals surface area contributed by atoms with E-state index in [1.54, 1.807) is 24.3 Å². The van der Waals surface area contributed by atoms with E-state index in [1.807, 2.05) is 0 Å². The predicted octanol–water partition coefficient (Wildman–Crippen LogP) is 1.45. The number of benzene rings is 1. The van der Waals surface area contributed by atoms with Crippen LogP contribution in [-0.2, 0) is 0 Å². The summed E-state index contributed by atoms with van der Waals surface area (Å²) in [5.41, 5.74) is 0.957. The molecule has 0 amide bonds. The average molecular weight is 215 g/mol. The molecule has 0 unspecified atom stereocenters. The molecule has 1 heterocycles. The van der Waals surface area contributed by atoms with Crippen molar-refractivity contribution in [2.24, 2.45) is 0 Å². The van der Waals surface area contributed by atoms with Gasteiger partial charge in [0.1, 0.15) is 5.75 Å². The molecule has 1 aromatic heterocycles. The van der Waals surface area contributed by atoms with E-state index in [0.717, 1.165) is 0 Å². The largest absolute Gasteiger partial charge is 0.507 e. The number of phenols is 1. The van der Waals surface area contributed by atoms with Gasteiger partial charge in [-0.15, -0.1) is 5.10 Å². The lowest BCUT2D eigenvalue weighted by atomic mass is 10.1. The molecule has 5 heteroatoms. The van der Waals surface area contributed by atoms with Crippen molar-refractivity contribution in [1.82, 2.24) is 15.2 Å². The molecule has 0 saturated carbocycles. The Morgan fingerprint density at radius 1 is 1.31 bits per heavy atom. The second kappa shape index (κ2) is 4.06. The van der Waals surface area contributed by atoms with E-state index in [4.69, 9.17) is 0 Å². The predicted molar refractivity (Wildman–Crippen MR) is 56.9 cm³/mol. The van der Waals surface area contributed by atoms with Gasteiger partial charge < -0.3 is 5.11 Å². The molecular weight excluding hydrogens is 206 g/mol. The molecule has 16 heavy (non-hydrogen) atoms. The number of aromatic nitrogens is 3. The number of carbonyl (C=O) groups is 1. The standard InChI is InChI=1S/C11H9N3O2/c1-7(15)11-13-9(6-12-14-11)8-4-2-3-5-10(8)16/h2-6,16H,1H3. The maximum Gasteiger partial charge on any atom is 0.218 e. The first-order valence-corrected chi connectivity index (χ1v) is 4.67. The van der Waals surface area contributed by atoms with Crippen LogP contribution in [-0.4, -0.2) is 26.1 Å². The summed E-state index contributed by atoms with van der Waals surface area (Å²) >= 11 is 0. The van der Waals surface area contributed by atoms with Crippen LogP contribution in [0.25, 0.3) is 11.3 Å². The maximum atomic E-state index is 11.1. The second-order valence-corrected chi connectivity index (χ2v) is 3.24. The number of aromatic hydroxyl groups is 1. The van der Waals surface area contributed by atoms with Crippen LogP contribution in [0.1, 0.15) is 17.5 Å². The molecule has 0 radical (unpaired) electrons. The Morgan fingerprint density at radius 2 is 2.06 bits per heavy atom. The molecule has 1 aromatic carbocycles. The molecule has 0 fully saturated rings. The van der Waals surface area contributed by atoms with E-state index in [2.05, 4.69) is 15.2 Å². The minimum Gasteiger partial charge on any atom is -0.507 e. The van der Waals surface area contributed by atoms with Gasteiger partial charge in [0.15, 0.2) is 5.78 Å². The number of nitrogens with zero attached hydrogens (tertiary/aromatic N) is 3. The van der Waals surface area contributed by atoms with Crippen LogP contribution in [0.5, 0.6) is 5.75 Å². The number of carbonyl (C=O) groups excluding carboxylic acids is 1. The van der Waals surface area contributed by atoms with Crippen LogP contribution in [0.4, 0.5) is 0 Å². The third kappa shape index (κ3) is 1.88. The molecule has 0 bridgehead atoms. The lowest BCUT2D eigenvalue weighted by molar-refractivity contribution is 0.100. The molecule has 0 spiro atoms. The van der Waals surface area contributed by atoms with Gasteiger partial charge in [-0.2, -0.15) is 5.10 Å². The summed E-state index contributed by atoms with van der Waals surface area (Å²) in [7, 11) is 0. The Morgan fingerprint density at radius 3 is 2.75 bits per heavy atom. The topological polar surface area (TPSA) is 76.0 Å². The summed E-state index contributed by atoms with van der Waals surface area (Å²) < 4.78 is 0. The SMILES string of the molecule is CC(=O)c1nncc(-c2ccccc2O)n1. The molecule has 80 valence electrons. The number of phenolic OH excluding ortho intramolecular Hbond substituents is 1. The summed E-state index contributed by atoms with van der Waals surface area (Å²) in [6.07, 6.45) is 1.40. The smallest absolute Gasteiger partial charge is 0.218 e. The number of hydrogen-bond donors (Lipinski definition) is 1. The molecule has 1 N–H and O–H groups in total. The maximum absolute atomic E-state index is 11.1. The van der Waals surface area contributed by atoms with Gasteiger partial charge in [0.05, 0.1) is 11.9 Å². The van der Waals surface area contributed by atoms with Gasteiger partial charge in [0.25, 0.3) is 0 Å². The van der Waals surface area contributed by atoms with Crippen LogP contribution in [0.15, 0.2) is 30.5 Å². The quantitative estimate of drug-likeness (QED) is 0.767. The highest BCUT2D eigenvalue weighted by atomic mass is 16.3. The van der Waals surface area contributed by atoms with E-state index >= 15 is 0 Å². The molecule has 2 rings (SSSR count). The number of ketones is 1. The fourth-order valence-electron chi connectivity index (χ4n) is 1.27. The van der Waals surface area contributed by atoms with Gasteiger partial charge in [0.2, 0.25) is 5.82 Å². The minimum atomic E-state index is -0.259. The first kappa shape index (κ1) is 10.2. The third-order valence-corrected chi connectivity index (χ3v) is 2.05. The molecule has 0 aliphatic carbocycles. The highest BCUT2D eigenvalue weighted by molar-refractivity contribution is 5.90. The van der Waals surface area contributed by atoms with Crippen molar-refractivity contribution in [2.75, 3.05) is 0 Å². The fraction of sp³-hybridized carbons (Fsp3) is 0.0909. The zero-order chi connectivity index (χ0) is 11.5. The van der Waals surface area contributed by atoms with Crippen molar-refractivity contribution in [1.29, 1.82) is 0 Å². The molecule has 0 saturated heterocycles. The van der Waals surface area contributed by atoms with E-state index in [0.29, 0.717) is 11.3 Å². The van der Waals surface area contributed by atoms with Crippen molar-refractivity contribution >= 4 is 5.78 Å². The van der Waals surface area contributed by atoms with Gasteiger partial charge in [0, 0.05) is 12.5 Å². The van der Waals surface area contributed by atoms with Crippen molar-refractivity contribution < 1.29 is 9.90 Å².